The van der Waals surface area contributed by atoms with Gasteiger partial charge in [0.1, 0.15) is 0 Å². The lowest BCUT2D eigenvalue weighted by atomic mass is 10.1. The number of hydrogen-bond acceptors (Lipinski definition) is 2. The molecular formula is C17H21ClN2O2. The molecule has 0 radical (unpaired) electrons. The van der Waals surface area contributed by atoms with Crippen molar-refractivity contribution in [1.29, 1.82) is 0 Å². The quantitative estimate of drug-likeness (QED) is 0.837. The van der Waals surface area contributed by atoms with Gasteiger partial charge < -0.3 is 9.80 Å². The summed E-state index contributed by atoms with van der Waals surface area (Å²) < 4.78 is 0. The standard InChI is InChI=1S/C17H21ClN2O2/c18-14-8-7-13(12-15(14)20-11-5-6-16(20)21)17(22)19-9-3-1-2-4-10-19/h7-8,12H,1-6,9-11H2. The Morgan fingerprint density at radius 2 is 1.73 bits per heavy atom. The van der Waals surface area contributed by atoms with Crippen molar-refractivity contribution in [1.82, 2.24) is 4.90 Å². The Bertz CT molecular complexity index is 580. The summed E-state index contributed by atoms with van der Waals surface area (Å²) in [5.74, 6) is 0.132. The second-order valence-electron chi connectivity index (χ2n) is 6.02. The molecule has 1 aromatic rings. The molecule has 2 saturated heterocycles. The molecule has 3 rings (SSSR count). The maximum Gasteiger partial charge on any atom is 0.253 e. The number of carbonyl (C=O) groups is 2. The van der Waals surface area contributed by atoms with Crippen LogP contribution in [0.5, 0.6) is 0 Å². The number of hydrogen-bond donors (Lipinski definition) is 0. The molecule has 0 aliphatic carbocycles. The highest BCUT2D eigenvalue weighted by molar-refractivity contribution is 6.34. The smallest absolute Gasteiger partial charge is 0.253 e. The van der Waals surface area contributed by atoms with Crippen molar-refractivity contribution in [2.45, 2.75) is 38.5 Å². The zero-order valence-electron chi connectivity index (χ0n) is 12.7. The van der Waals surface area contributed by atoms with Crippen LogP contribution in [0, 0.1) is 0 Å². The fraction of sp³-hybridized carbons (Fsp3) is 0.529. The van der Waals surface area contributed by atoms with E-state index in [-0.39, 0.29) is 11.8 Å². The molecule has 2 amide bonds. The Hall–Kier alpha value is -1.55. The number of nitrogens with zero attached hydrogens (tertiary/aromatic N) is 2. The Kier molecular flexibility index (Phi) is 4.67. The van der Waals surface area contributed by atoms with Crippen LogP contribution in [0.1, 0.15) is 48.9 Å². The van der Waals surface area contributed by atoms with Gasteiger partial charge in [-0.05, 0) is 37.5 Å². The van der Waals surface area contributed by atoms with Crippen LogP contribution in [-0.4, -0.2) is 36.3 Å². The third-order valence-corrected chi connectivity index (χ3v) is 4.77. The van der Waals surface area contributed by atoms with E-state index in [1.54, 1.807) is 23.1 Å². The summed E-state index contributed by atoms with van der Waals surface area (Å²) in [5, 5.41) is 0.530. The molecular weight excluding hydrogens is 300 g/mol. The van der Waals surface area contributed by atoms with Gasteiger partial charge in [0.25, 0.3) is 5.91 Å². The first-order valence-corrected chi connectivity index (χ1v) is 8.44. The first kappa shape index (κ1) is 15.3. The summed E-state index contributed by atoms with van der Waals surface area (Å²) in [5.41, 5.74) is 1.30. The van der Waals surface area contributed by atoms with Crippen LogP contribution in [0.25, 0.3) is 0 Å². The minimum Gasteiger partial charge on any atom is -0.339 e. The molecule has 0 N–H and O–H groups in total. The van der Waals surface area contributed by atoms with E-state index in [9.17, 15) is 9.59 Å². The first-order valence-electron chi connectivity index (χ1n) is 8.06. The summed E-state index contributed by atoms with van der Waals surface area (Å²) in [6.45, 7) is 2.32. The molecule has 0 spiro atoms. The topological polar surface area (TPSA) is 40.6 Å². The second-order valence-corrected chi connectivity index (χ2v) is 6.43. The van der Waals surface area contributed by atoms with Crippen molar-refractivity contribution in [3.63, 3.8) is 0 Å². The van der Waals surface area contributed by atoms with Gasteiger partial charge in [0.2, 0.25) is 5.91 Å². The SMILES string of the molecule is O=C(c1ccc(Cl)c(N2CCCC2=O)c1)N1CCCCCC1. The lowest BCUT2D eigenvalue weighted by molar-refractivity contribution is -0.117. The minimum atomic E-state index is 0.0477. The molecule has 0 unspecified atom stereocenters. The van der Waals surface area contributed by atoms with Crippen molar-refractivity contribution in [2.75, 3.05) is 24.5 Å². The molecule has 1 aromatic carbocycles. The van der Waals surface area contributed by atoms with Crippen molar-refractivity contribution in [3.05, 3.63) is 28.8 Å². The normalized spacial score (nSPS) is 19.4. The van der Waals surface area contributed by atoms with Crippen molar-refractivity contribution >= 4 is 29.1 Å². The maximum atomic E-state index is 12.7. The van der Waals surface area contributed by atoms with Crippen LogP contribution in [0.15, 0.2) is 18.2 Å². The van der Waals surface area contributed by atoms with Crippen LogP contribution in [0.2, 0.25) is 5.02 Å². The number of carbonyl (C=O) groups excluding carboxylic acids is 2. The van der Waals surface area contributed by atoms with Crippen molar-refractivity contribution in [3.8, 4) is 0 Å². The number of benzene rings is 1. The van der Waals surface area contributed by atoms with Gasteiger partial charge in [-0.25, -0.2) is 0 Å². The zero-order valence-corrected chi connectivity index (χ0v) is 13.4. The molecule has 2 aliphatic rings. The second kappa shape index (κ2) is 6.69. The zero-order chi connectivity index (χ0) is 15.5. The fourth-order valence-corrected chi connectivity index (χ4v) is 3.43. The molecule has 2 aliphatic heterocycles. The molecule has 4 nitrogen and oxygen atoms in total. The van der Waals surface area contributed by atoms with E-state index in [2.05, 4.69) is 0 Å². The third-order valence-electron chi connectivity index (χ3n) is 4.45. The number of amides is 2. The summed E-state index contributed by atoms with van der Waals surface area (Å²) in [4.78, 5) is 28.2. The minimum absolute atomic E-state index is 0.0477. The summed E-state index contributed by atoms with van der Waals surface area (Å²) in [6.07, 6.45) is 5.92. The summed E-state index contributed by atoms with van der Waals surface area (Å²) in [7, 11) is 0. The number of halogens is 1. The van der Waals surface area contributed by atoms with Crippen LogP contribution in [0.4, 0.5) is 5.69 Å². The fourth-order valence-electron chi connectivity index (χ4n) is 3.21. The number of likely N-dealkylation sites (tertiary alicyclic amines) is 1. The Morgan fingerprint density at radius 3 is 2.36 bits per heavy atom. The van der Waals surface area contributed by atoms with Gasteiger partial charge in [-0.15, -0.1) is 0 Å². The number of anilines is 1. The lowest BCUT2D eigenvalue weighted by Gasteiger charge is -2.22. The van der Waals surface area contributed by atoms with Gasteiger partial charge in [0.05, 0.1) is 10.7 Å². The van der Waals surface area contributed by atoms with Gasteiger partial charge in [0, 0.05) is 31.6 Å². The van der Waals surface area contributed by atoms with Gasteiger partial charge in [-0.3, -0.25) is 9.59 Å². The van der Waals surface area contributed by atoms with Gasteiger partial charge in [-0.1, -0.05) is 24.4 Å². The van der Waals surface area contributed by atoms with Crippen molar-refractivity contribution in [2.24, 2.45) is 0 Å². The molecule has 2 heterocycles. The molecule has 0 aromatic heterocycles. The Balaban J connectivity index is 1.84. The first-order chi connectivity index (χ1) is 10.7. The third kappa shape index (κ3) is 3.12. The summed E-state index contributed by atoms with van der Waals surface area (Å²) in [6, 6.07) is 5.27. The van der Waals surface area contributed by atoms with Crippen LogP contribution < -0.4 is 4.90 Å². The molecule has 5 heteroatoms. The van der Waals surface area contributed by atoms with Gasteiger partial charge in [0.15, 0.2) is 0 Å². The summed E-state index contributed by atoms with van der Waals surface area (Å²) >= 11 is 6.24. The average molecular weight is 321 g/mol. The molecule has 118 valence electrons. The van der Waals surface area contributed by atoms with E-state index in [4.69, 9.17) is 11.6 Å². The van der Waals surface area contributed by atoms with Crippen molar-refractivity contribution < 1.29 is 9.59 Å². The highest BCUT2D eigenvalue weighted by atomic mass is 35.5. The monoisotopic (exact) mass is 320 g/mol. The molecule has 0 saturated carbocycles. The van der Waals surface area contributed by atoms with Gasteiger partial charge >= 0.3 is 0 Å². The van der Waals surface area contributed by atoms with Crippen LogP contribution in [0.3, 0.4) is 0 Å². The lowest BCUT2D eigenvalue weighted by Crippen LogP contribution is -2.32. The van der Waals surface area contributed by atoms with Crippen LogP contribution >= 0.6 is 11.6 Å². The van der Waals surface area contributed by atoms with E-state index >= 15 is 0 Å². The van der Waals surface area contributed by atoms with E-state index in [1.165, 1.54) is 12.8 Å². The van der Waals surface area contributed by atoms with E-state index in [0.29, 0.717) is 29.2 Å². The Morgan fingerprint density at radius 1 is 1.00 bits per heavy atom. The predicted octanol–water partition coefficient (Wildman–Crippen LogP) is 3.48. The van der Waals surface area contributed by atoms with Crippen LogP contribution in [-0.2, 0) is 4.79 Å². The van der Waals surface area contributed by atoms with E-state index in [1.807, 2.05) is 4.90 Å². The highest BCUT2D eigenvalue weighted by Crippen LogP contribution is 2.31. The predicted molar refractivity (Wildman–Crippen MR) is 87.4 cm³/mol. The molecule has 0 atom stereocenters. The molecule has 22 heavy (non-hydrogen) atoms. The average Bonchev–Trinajstić information content (AvgIpc) is 2.78. The van der Waals surface area contributed by atoms with Gasteiger partial charge in [-0.2, -0.15) is 0 Å². The number of rotatable bonds is 2. The van der Waals surface area contributed by atoms with E-state index in [0.717, 1.165) is 32.4 Å². The maximum absolute atomic E-state index is 12.7. The Labute approximate surface area is 136 Å². The molecule has 0 bridgehead atoms. The highest BCUT2D eigenvalue weighted by Gasteiger charge is 2.25. The largest absolute Gasteiger partial charge is 0.339 e. The molecule has 2 fully saturated rings. The van der Waals surface area contributed by atoms with E-state index < -0.39 is 0 Å².